The van der Waals surface area contributed by atoms with E-state index in [9.17, 15) is 9.59 Å². The van der Waals surface area contributed by atoms with Gasteiger partial charge in [-0.15, -0.1) is 0 Å². The summed E-state index contributed by atoms with van der Waals surface area (Å²) in [5.74, 6) is 0.850. The molecule has 2 fully saturated rings. The van der Waals surface area contributed by atoms with E-state index in [0.717, 1.165) is 49.3 Å². The zero-order valence-electron chi connectivity index (χ0n) is 17.5. The maximum atomic E-state index is 13.4. The molecule has 2 aromatic rings. The van der Waals surface area contributed by atoms with Crippen molar-refractivity contribution in [2.75, 3.05) is 37.0 Å². The Bertz CT molecular complexity index is 894. The molecular weight excluding hydrogens is 378 g/mol. The van der Waals surface area contributed by atoms with Crippen molar-refractivity contribution in [3.63, 3.8) is 0 Å². The molecule has 0 radical (unpaired) electrons. The van der Waals surface area contributed by atoms with Gasteiger partial charge in [-0.2, -0.15) is 0 Å². The maximum absolute atomic E-state index is 13.4. The molecule has 0 spiro atoms. The van der Waals surface area contributed by atoms with Gasteiger partial charge < -0.3 is 19.9 Å². The number of benzene rings is 2. The van der Waals surface area contributed by atoms with Crippen molar-refractivity contribution in [1.82, 2.24) is 4.90 Å². The molecule has 2 saturated heterocycles. The number of hydrogen-bond acceptors (Lipinski definition) is 4. The number of nitrogens with one attached hydrogen (secondary N) is 1. The van der Waals surface area contributed by atoms with Crippen LogP contribution in [0.1, 0.15) is 43.7 Å². The molecule has 1 unspecified atom stereocenters. The van der Waals surface area contributed by atoms with Gasteiger partial charge in [-0.1, -0.05) is 30.3 Å². The molecule has 158 valence electrons. The molecular formula is C24H29N3O3. The van der Waals surface area contributed by atoms with Crippen LogP contribution in [0.2, 0.25) is 0 Å². The van der Waals surface area contributed by atoms with Crippen molar-refractivity contribution in [2.45, 2.75) is 38.1 Å². The number of amides is 2. The smallest absolute Gasteiger partial charge is 0.249 e. The number of methoxy groups -OCH3 is 1. The number of hydrogen-bond donors (Lipinski definition) is 1. The van der Waals surface area contributed by atoms with Crippen LogP contribution in [0.3, 0.4) is 0 Å². The Morgan fingerprint density at radius 3 is 2.43 bits per heavy atom. The first kappa shape index (κ1) is 20.3. The molecule has 6 heteroatoms. The Morgan fingerprint density at radius 2 is 1.77 bits per heavy atom. The highest BCUT2D eigenvalue weighted by Gasteiger charge is 2.28. The average molecular weight is 408 g/mol. The Hall–Kier alpha value is -3.02. The minimum Gasteiger partial charge on any atom is -0.494 e. The minimum absolute atomic E-state index is 0.0960. The van der Waals surface area contributed by atoms with Gasteiger partial charge in [0.2, 0.25) is 11.8 Å². The standard InChI is InChI=1S/C24H29N3O3/c1-30-21-17-19(12-13-20(21)27-16-8-11-22(27)28)25-23(18-9-4-2-5-10-18)24(29)26-14-6-3-7-15-26/h2,4-5,9-10,12-13,17,23,25H,3,6-8,11,14-16H2,1H3. The number of likely N-dealkylation sites (tertiary alicyclic amines) is 1. The third kappa shape index (κ3) is 4.27. The predicted molar refractivity (Wildman–Crippen MR) is 118 cm³/mol. The molecule has 2 aliphatic rings. The summed E-state index contributed by atoms with van der Waals surface area (Å²) in [5, 5.41) is 3.42. The van der Waals surface area contributed by atoms with Crippen LogP contribution in [-0.4, -0.2) is 43.5 Å². The van der Waals surface area contributed by atoms with E-state index in [4.69, 9.17) is 4.74 Å². The van der Waals surface area contributed by atoms with Crippen LogP contribution >= 0.6 is 0 Å². The van der Waals surface area contributed by atoms with E-state index in [-0.39, 0.29) is 11.8 Å². The lowest BCUT2D eigenvalue weighted by Gasteiger charge is -2.31. The summed E-state index contributed by atoms with van der Waals surface area (Å²) < 4.78 is 5.58. The van der Waals surface area contributed by atoms with Crippen LogP contribution in [0.15, 0.2) is 48.5 Å². The molecule has 6 nitrogen and oxygen atoms in total. The van der Waals surface area contributed by atoms with Gasteiger partial charge in [-0.3, -0.25) is 9.59 Å². The Balaban J connectivity index is 1.60. The van der Waals surface area contributed by atoms with Crippen LogP contribution in [0.4, 0.5) is 11.4 Å². The van der Waals surface area contributed by atoms with Crippen LogP contribution in [0, 0.1) is 0 Å². The normalized spacial score (nSPS) is 17.7. The van der Waals surface area contributed by atoms with Gasteiger partial charge in [0.25, 0.3) is 0 Å². The van der Waals surface area contributed by atoms with Gasteiger partial charge in [-0.05, 0) is 43.4 Å². The van der Waals surface area contributed by atoms with Crippen molar-refractivity contribution in [2.24, 2.45) is 0 Å². The lowest BCUT2D eigenvalue weighted by molar-refractivity contribution is -0.133. The molecule has 0 bridgehead atoms. The zero-order chi connectivity index (χ0) is 20.9. The highest BCUT2D eigenvalue weighted by molar-refractivity contribution is 5.97. The molecule has 1 atom stereocenters. The van der Waals surface area contributed by atoms with E-state index >= 15 is 0 Å². The van der Waals surface area contributed by atoms with Crippen LogP contribution in [0.5, 0.6) is 5.75 Å². The van der Waals surface area contributed by atoms with E-state index in [1.54, 1.807) is 12.0 Å². The molecule has 2 aliphatic heterocycles. The fourth-order valence-electron chi connectivity index (χ4n) is 4.29. The van der Waals surface area contributed by atoms with E-state index < -0.39 is 6.04 Å². The fraction of sp³-hybridized carbons (Fsp3) is 0.417. The highest BCUT2D eigenvalue weighted by atomic mass is 16.5. The largest absolute Gasteiger partial charge is 0.494 e. The summed E-state index contributed by atoms with van der Waals surface area (Å²) in [5.41, 5.74) is 2.51. The van der Waals surface area contributed by atoms with E-state index in [2.05, 4.69) is 5.32 Å². The number of piperidine rings is 1. The third-order valence-electron chi connectivity index (χ3n) is 5.90. The molecule has 0 aliphatic carbocycles. The number of anilines is 2. The Morgan fingerprint density at radius 1 is 1.00 bits per heavy atom. The summed E-state index contributed by atoms with van der Waals surface area (Å²) in [6, 6.07) is 15.1. The summed E-state index contributed by atoms with van der Waals surface area (Å²) in [6.07, 6.45) is 4.73. The SMILES string of the molecule is COc1cc(NC(C(=O)N2CCCCC2)c2ccccc2)ccc1N1CCCC1=O. The van der Waals surface area contributed by atoms with Gasteiger partial charge in [0.05, 0.1) is 12.8 Å². The maximum Gasteiger partial charge on any atom is 0.249 e. The quantitative estimate of drug-likeness (QED) is 0.787. The molecule has 30 heavy (non-hydrogen) atoms. The molecule has 0 saturated carbocycles. The second kappa shape index (κ2) is 9.20. The zero-order valence-corrected chi connectivity index (χ0v) is 17.5. The van der Waals surface area contributed by atoms with Crippen molar-refractivity contribution in [1.29, 1.82) is 0 Å². The molecule has 2 aromatic carbocycles. The molecule has 4 rings (SSSR count). The van der Waals surface area contributed by atoms with Gasteiger partial charge in [0, 0.05) is 37.8 Å². The van der Waals surface area contributed by atoms with Gasteiger partial charge in [0.1, 0.15) is 11.8 Å². The minimum atomic E-state index is -0.465. The van der Waals surface area contributed by atoms with Crippen LogP contribution in [-0.2, 0) is 9.59 Å². The highest BCUT2D eigenvalue weighted by Crippen LogP contribution is 2.35. The number of ether oxygens (including phenoxy) is 1. The van der Waals surface area contributed by atoms with Gasteiger partial charge in [-0.25, -0.2) is 0 Å². The number of carbonyl (C=O) groups excluding carboxylic acids is 2. The van der Waals surface area contributed by atoms with Crippen molar-refractivity contribution >= 4 is 23.2 Å². The fourth-order valence-corrected chi connectivity index (χ4v) is 4.29. The average Bonchev–Trinajstić information content (AvgIpc) is 3.23. The molecule has 2 heterocycles. The van der Waals surface area contributed by atoms with E-state index in [1.807, 2.05) is 53.4 Å². The summed E-state index contributed by atoms with van der Waals surface area (Å²) in [6.45, 7) is 2.33. The summed E-state index contributed by atoms with van der Waals surface area (Å²) in [7, 11) is 1.61. The number of rotatable bonds is 6. The number of nitrogens with zero attached hydrogens (tertiary/aromatic N) is 2. The van der Waals surface area contributed by atoms with Crippen LogP contribution in [0.25, 0.3) is 0 Å². The van der Waals surface area contributed by atoms with E-state index in [0.29, 0.717) is 18.7 Å². The third-order valence-corrected chi connectivity index (χ3v) is 5.90. The first-order valence-electron chi connectivity index (χ1n) is 10.8. The summed E-state index contributed by atoms with van der Waals surface area (Å²) >= 11 is 0. The van der Waals surface area contributed by atoms with Crippen molar-refractivity contribution in [3.8, 4) is 5.75 Å². The van der Waals surface area contributed by atoms with Gasteiger partial charge in [0.15, 0.2) is 0 Å². The van der Waals surface area contributed by atoms with Crippen molar-refractivity contribution in [3.05, 3.63) is 54.1 Å². The first-order chi connectivity index (χ1) is 14.7. The van der Waals surface area contributed by atoms with E-state index in [1.165, 1.54) is 6.42 Å². The molecule has 2 amide bonds. The monoisotopic (exact) mass is 407 g/mol. The topological polar surface area (TPSA) is 61.9 Å². The Labute approximate surface area is 177 Å². The predicted octanol–water partition coefficient (Wildman–Crippen LogP) is 3.99. The molecule has 1 N–H and O–H groups in total. The Kier molecular flexibility index (Phi) is 6.21. The second-order valence-electron chi connectivity index (χ2n) is 7.91. The van der Waals surface area contributed by atoms with Gasteiger partial charge >= 0.3 is 0 Å². The second-order valence-corrected chi connectivity index (χ2v) is 7.91. The lowest BCUT2D eigenvalue weighted by atomic mass is 10.0. The lowest BCUT2D eigenvalue weighted by Crippen LogP contribution is -2.41. The van der Waals surface area contributed by atoms with Crippen molar-refractivity contribution < 1.29 is 14.3 Å². The number of carbonyl (C=O) groups is 2. The van der Waals surface area contributed by atoms with Crippen LogP contribution < -0.4 is 15.0 Å². The molecule has 0 aromatic heterocycles. The summed E-state index contributed by atoms with van der Waals surface area (Å²) in [4.78, 5) is 29.3. The first-order valence-corrected chi connectivity index (χ1v) is 10.8.